The lowest BCUT2D eigenvalue weighted by Gasteiger charge is -2.34. The molecule has 2 atom stereocenters. The summed E-state index contributed by atoms with van der Waals surface area (Å²) in [6.07, 6.45) is -4.48. The van der Waals surface area contributed by atoms with Gasteiger partial charge in [-0.05, 0) is 18.2 Å². The molecule has 1 aliphatic carbocycles. The van der Waals surface area contributed by atoms with E-state index in [2.05, 4.69) is 0 Å². The largest absolute Gasteiger partial charge is 0.416 e. The fourth-order valence-corrected chi connectivity index (χ4v) is 4.51. The molecule has 12 heteroatoms. The third-order valence-corrected chi connectivity index (χ3v) is 6.59. The van der Waals surface area contributed by atoms with Gasteiger partial charge in [0.15, 0.2) is 0 Å². The van der Waals surface area contributed by atoms with E-state index >= 15 is 0 Å². The average molecular weight is 407 g/mol. The van der Waals surface area contributed by atoms with Crippen molar-refractivity contribution in [2.45, 2.75) is 23.5 Å². The molecule has 1 aromatic carbocycles. The first-order chi connectivity index (χ1) is 12.5. The molecule has 0 aromatic heterocycles. The zero-order valence-electron chi connectivity index (χ0n) is 13.9. The van der Waals surface area contributed by atoms with Crippen molar-refractivity contribution in [3.05, 3.63) is 39.9 Å². The summed E-state index contributed by atoms with van der Waals surface area (Å²) in [6.45, 7) is -0.0870. The van der Waals surface area contributed by atoms with Crippen LogP contribution in [0.1, 0.15) is 12.0 Å². The molecule has 1 saturated heterocycles. The summed E-state index contributed by atoms with van der Waals surface area (Å²) in [5.74, 6) is -1.06. The van der Waals surface area contributed by atoms with Gasteiger partial charge in [-0.2, -0.15) is 17.5 Å². The van der Waals surface area contributed by atoms with E-state index in [1.807, 2.05) is 0 Å². The van der Waals surface area contributed by atoms with Gasteiger partial charge in [0.1, 0.15) is 5.92 Å². The van der Waals surface area contributed by atoms with E-state index in [-0.39, 0.29) is 38.5 Å². The number of nitro groups is 1. The van der Waals surface area contributed by atoms with Gasteiger partial charge < -0.3 is 4.90 Å². The predicted octanol–water partition coefficient (Wildman–Crippen LogP) is 1.20. The van der Waals surface area contributed by atoms with Crippen molar-refractivity contribution in [2.24, 2.45) is 5.92 Å². The summed E-state index contributed by atoms with van der Waals surface area (Å²) in [6, 6.07) is 2.61. The van der Waals surface area contributed by atoms with Gasteiger partial charge in [0, 0.05) is 37.5 Å². The number of carbonyl (C=O) groups is 1. The Hall–Kier alpha value is -2.21. The highest BCUT2D eigenvalue weighted by Crippen LogP contribution is 2.35. The van der Waals surface area contributed by atoms with Gasteiger partial charge in [-0.1, -0.05) is 6.07 Å². The predicted molar refractivity (Wildman–Crippen MR) is 85.7 cm³/mol. The standard InChI is InChI=1S/C15H16F3N3O5S/c16-15(17,18)10-2-1-3-11(8-10)27(25,26)20-6-4-19(5-7-20)14(22)12-9-13(12)21(23)24/h1-3,8,12-13H,4-7,9H2/t12-,13-/m1/s1. The minimum Gasteiger partial charge on any atom is -0.340 e. The number of hydrogen-bond acceptors (Lipinski definition) is 5. The van der Waals surface area contributed by atoms with Crippen molar-refractivity contribution >= 4 is 15.9 Å². The molecule has 8 nitrogen and oxygen atoms in total. The molecule has 1 saturated carbocycles. The maximum Gasteiger partial charge on any atom is 0.416 e. The zero-order chi connectivity index (χ0) is 20.0. The van der Waals surface area contributed by atoms with Gasteiger partial charge in [-0.15, -0.1) is 0 Å². The Morgan fingerprint density at radius 2 is 1.81 bits per heavy atom. The van der Waals surface area contributed by atoms with Crippen LogP contribution in [-0.4, -0.2) is 60.7 Å². The van der Waals surface area contributed by atoms with Crippen LogP contribution >= 0.6 is 0 Å². The molecule has 27 heavy (non-hydrogen) atoms. The van der Waals surface area contributed by atoms with E-state index in [9.17, 15) is 36.5 Å². The van der Waals surface area contributed by atoms with Crippen LogP contribution in [0, 0.1) is 16.0 Å². The Balaban J connectivity index is 1.67. The van der Waals surface area contributed by atoms with E-state index < -0.39 is 43.5 Å². The van der Waals surface area contributed by atoms with E-state index in [1.165, 1.54) is 4.90 Å². The van der Waals surface area contributed by atoms with Crippen LogP contribution in [0.4, 0.5) is 13.2 Å². The first-order valence-electron chi connectivity index (χ1n) is 8.11. The highest BCUT2D eigenvalue weighted by atomic mass is 32.2. The number of alkyl halides is 3. The molecule has 148 valence electrons. The van der Waals surface area contributed by atoms with Crippen LogP contribution in [-0.2, 0) is 21.0 Å². The normalized spacial score (nSPS) is 23.9. The van der Waals surface area contributed by atoms with Crippen molar-refractivity contribution in [3.63, 3.8) is 0 Å². The number of nitrogens with zero attached hydrogens (tertiary/aromatic N) is 3. The first kappa shape index (κ1) is 19.5. The molecule has 2 aliphatic rings. The SMILES string of the molecule is O=C([C@@H]1C[C@H]1[N+](=O)[O-])N1CCN(S(=O)(=O)c2cccc(C(F)(F)F)c2)CC1. The van der Waals surface area contributed by atoms with E-state index in [4.69, 9.17) is 0 Å². The molecule has 1 amide bonds. The van der Waals surface area contributed by atoms with Crippen molar-refractivity contribution in [1.82, 2.24) is 9.21 Å². The summed E-state index contributed by atoms with van der Waals surface area (Å²) in [7, 11) is -4.14. The molecule has 1 heterocycles. The Bertz CT molecular complexity index is 866. The lowest BCUT2D eigenvalue weighted by atomic mass is 10.2. The first-order valence-corrected chi connectivity index (χ1v) is 9.55. The lowest BCUT2D eigenvalue weighted by molar-refractivity contribution is -0.497. The molecular formula is C15H16F3N3O5S. The quantitative estimate of drug-likeness (QED) is 0.552. The summed E-state index contributed by atoms with van der Waals surface area (Å²) >= 11 is 0. The number of rotatable bonds is 4. The molecule has 1 aromatic rings. The molecule has 1 aliphatic heterocycles. The van der Waals surface area contributed by atoms with E-state index in [1.54, 1.807) is 0 Å². The van der Waals surface area contributed by atoms with Crippen LogP contribution in [0.15, 0.2) is 29.2 Å². The number of halogens is 3. The van der Waals surface area contributed by atoms with Gasteiger partial charge >= 0.3 is 6.18 Å². The van der Waals surface area contributed by atoms with Gasteiger partial charge in [0.2, 0.25) is 22.0 Å². The third kappa shape index (κ3) is 3.90. The smallest absolute Gasteiger partial charge is 0.340 e. The molecule has 2 fully saturated rings. The van der Waals surface area contributed by atoms with Crippen LogP contribution in [0.2, 0.25) is 0 Å². The summed E-state index contributed by atoms with van der Waals surface area (Å²) < 4.78 is 64.6. The monoisotopic (exact) mass is 407 g/mol. The van der Waals surface area contributed by atoms with Gasteiger partial charge in [0.05, 0.1) is 10.5 Å². The molecule has 0 spiro atoms. The van der Waals surface area contributed by atoms with E-state index in [0.717, 1.165) is 22.5 Å². The number of sulfonamides is 1. The number of hydrogen-bond donors (Lipinski definition) is 0. The topological polar surface area (TPSA) is 101 Å². The minimum atomic E-state index is -4.66. The Labute approximate surface area is 152 Å². The van der Waals surface area contributed by atoms with E-state index in [0.29, 0.717) is 6.07 Å². The second-order valence-electron chi connectivity index (χ2n) is 6.45. The fourth-order valence-electron chi connectivity index (χ4n) is 3.05. The second-order valence-corrected chi connectivity index (χ2v) is 8.39. The molecule has 0 unspecified atom stereocenters. The minimum absolute atomic E-state index is 0.0396. The summed E-state index contributed by atoms with van der Waals surface area (Å²) in [4.78, 5) is 23.2. The zero-order valence-corrected chi connectivity index (χ0v) is 14.7. The van der Waals surface area contributed by atoms with Crippen LogP contribution in [0.5, 0.6) is 0 Å². The fraction of sp³-hybridized carbons (Fsp3) is 0.533. The Morgan fingerprint density at radius 3 is 2.33 bits per heavy atom. The molecule has 0 radical (unpaired) electrons. The highest BCUT2D eigenvalue weighted by molar-refractivity contribution is 7.89. The molecule has 0 N–H and O–H groups in total. The van der Waals surface area contributed by atoms with Gasteiger partial charge in [0.25, 0.3) is 0 Å². The van der Waals surface area contributed by atoms with Crippen molar-refractivity contribution in [1.29, 1.82) is 0 Å². The van der Waals surface area contributed by atoms with Gasteiger partial charge in [-0.3, -0.25) is 14.9 Å². The number of piperazine rings is 1. The van der Waals surface area contributed by atoms with Crippen molar-refractivity contribution in [3.8, 4) is 0 Å². The second kappa shape index (κ2) is 6.75. The summed E-state index contributed by atoms with van der Waals surface area (Å²) in [5.41, 5.74) is -1.06. The molecule has 3 rings (SSSR count). The van der Waals surface area contributed by atoms with Crippen LogP contribution < -0.4 is 0 Å². The van der Waals surface area contributed by atoms with Crippen molar-refractivity contribution in [2.75, 3.05) is 26.2 Å². The Morgan fingerprint density at radius 1 is 1.19 bits per heavy atom. The van der Waals surface area contributed by atoms with Crippen LogP contribution in [0.3, 0.4) is 0 Å². The molecule has 0 bridgehead atoms. The number of carbonyl (C=O) groups excluding carboxylic acids is 1. The van der Waals surface area contributed by atoms with Gasteiger partial charge in [-0.25, -0.2) is 8.42 Å². The number of benzene rings is 1. The molecular weight excluding hydrogens is 391 g/mol. The third-order valence-electron chi connectivity index (χ3n) is 4.69. The maximum atomic E-state index is 12.8. The average Bonchev–Trinajstić information content (AvgIpc) is 3.41. The van der Waals surface area contributed by atoms with Crippen LogP contribution in [0.25, 0.3) is 0 Å². The van der Waals surface area contributed by atoms with Crippen molar-refractivity contribution < 1.29 is 31.3 Å². The highest BCUT2D eigenvalue weighted by Gasteiger charge is 2.54. The summed E-state index contributed by atoms with van der Waals surface area (Å²) in [5, 5.41) is 10.7. The lowest BCUT2D eigenvalue weighted by Crippen LogP contribution is -2.51. The number of amides is 1. The maximum absolute atomic E-state index is 12.8. The Kier molecular flexibility index (Phi) is 4.89.